The van der Waals surface area contributed by atoms with E-state index in [1.165, 1.54) is 6.92 Å². The van der Waals surface area contributed by atoms with Gasteiger partial charge in [-0.25, -0.2) is 0 Å². The van der Waals surface area contributed by atoms with Crippen LogP contribution in [-0.4, -0.2) is 99.1 Å². The van der Waals surface area contributed by atoms with Crippen LogP contribution >= 0.6 is 0 Å². The first-order valence-corrected chi connectivity index (χ1v) is 11.3. The zero-order chi connectivity index (χ0) is 32.3. The van der Waals surface area contributed by atoms with Crippen molar-refractivity contribution in [3.8, 4) is 0 Å². The van der Waals surface area contributed by atoms with Crippen LogP contribution in [0.3, 0.4) is 0 Å². The van der Waals surface area contributed by atoms with Gasteiger partial charge in [0, 0.05) is 6.54 Å². The van der Waals surface area contributed by atoms with Crippen molar-refractivity contribution in [2.45, 2.75) is 44.3 Å². The number of hydrogen-bond acceptors (Lipinski definition) is 11. The van der Waals surface area contributed by atoms with Gasteiger partial charge in [0.05, 0.1) is 13.1 Å². The van der Waals surface area contributed by atoms with E-state index in [0.717, 1.165) is 5.56 Å². The van der Waals surface area contributed by atoms with Crippen molar-refractivity contribution in [3.05, 3.63) is 35.9 Å². The molecule has 0 aromatic heterocycles. The fourth-order valence-corrected chi connectivity index (χ4v) is 1.62. The highest BCUT2D eigenvalue weighted by Gasteiger charge is 2.11. The standard InChI is InChI=1S/C9H11NO2.C6H14N4O2.C3H7NO2.2C2H5NO2/c10-8(9(11)12)6-7-4-2-1-3-5-7;7-4(5(11)12)2-1-3-10-6(8)9;1-2(4)3(5)6;2*3-1-2(4)5/h1-5,8H,6,10H2,(H,11,12);4H,1-3,7H2,(H,11,12)(H4,8,9,10);2H,4H2,1H3,(H,5,6);2*1,3H2,(H,4,5)/t8-;4-;2-;;/m000../s1. The summed E-state index contributed by atoms with van der Waals surface area (Å²) in [7, 11) is 0. The van der Waals surface area contributed by atoms with Crippen molar-refractivity contribution in [1.82, 2.24) is 5.32 Å². The van der Waals surface area contributed by atoms with Gasteiger partial charge in [-0.15, -0.1) is 0 Å². The van der Waals surface area contributed by atoms with Crippen molar-refractivity contribution < 1.29 is 49.5 Å². The molecule has 0 aliphatic carbocycles. The van der Waals surface area contributed by atoms with E-state index in [1.807, 2.05) is 30.3 Å². The van der Waals surface area contributed by atoms with Crippen LogP contribution in [0.15, 0.2) is 30.3 Å². The summed E-state index contributed by atoms with van der Waals surface area (Å²) in [4.78, 5) is 48.7. The minimum atomic E-state index is -1.00. The Hall–Kier alpha value is -4.36. The molecule has 1 rings (SSSR count). The van der Waals surface area contributed by atoms with Gasteiger partial charge in [0.25, 0.3) is 0 Å². The maximum atomic E-state index is 10.4. The second kappa shape index (κ2) is 27.7. The topological polar surface area (TPSA) is 378 Å². The van der Waals surface area contributed by atoms with Gasteiger partial charge in [0.2, 0.25) is 0 Å². The van der Waals surface area contributed by atoms with Crippen LogP contribution in [-0.2, 0) is 30.4 Å². The van der Waals surface area contributed by atoms with Crippen LogP contribution in [0.4, 0.5) is 0 Å². The summed E-state index contributed by atoms with van der Waals surface area (Å²) < 4.78 is 0. The SMILES string of the molecule is C[C@H](N)C(=O)O.N=C(N)NCCC[C@H](N)C(=O)O.NCC(=O)O.NCC(=O)O.N[C@@H](Cc1ccccc1)C(=O)O. The van der Waals surface area contributed by atoms with Gasteiger partial charge in [-0.1, -0.05) is 30.3 Å². The van der Waals surface area contributed by atoms with Gasteiger partial charge in [-0.05, 0) is 31.7 Å². The third kappa shape index (κ3) is 38.2. The molecule has 0 saturated carbocycles. The van der Waals surface area contributed by atoms with Gasteiger partial charge >= 0.3 is 29.8 Å². The quantitative estimate of drug-likeness (QED) is 0.0697. The number of benzene rings is 1. The smallest absolute Gasteiger partial charge is 0.320 e. The Morgan fingerprint density at radius 2 is 1.18 bits per heavy atom. The Morgan fingerprint density at radius 3 is 1.45 bits per heavy atom. The summed E-state index contributed by atoms with van der Waals surface area (Å²) >= 11 is 0. The number of rotatable bonds is 11. The molecule has 40 heavy (non-hydrogen) atoms. The van der Waals surface area contributed by atoms with Crippen LogP contribution in [0.5, 0.6) is 0 Å². The van der Waals surface area contributed by atoms with Crippen molar-refractivity contribution in [2.24, 2.45) is 34.4 Å². The summed E-state index contributed by atoms with van der Waals surface area (Å²) in [6, 6.07) is 6.99. The number of hydrogen-bond donors (Lipinski definition) is 13. The highest BCUT2D eigenvalue weighted by atomic mass is 16.4. The van der Waals surface area contributed by atoms with Crippen molar-refractivity contribution in [2.75, 3.05) is 19.6 Å². The molecule has 230 valence electrons. The fraction of sp³-hybridized carbons (Fsp3) is 0.455. The molecule has 0 fully saturated rings. The highest BCUT2D eigenvalue weighted by molar-refractivity contribution is 5.74. The minimum Gasteiger partial charge on any atom is -0.480 e. The molecule has 1 aromatic rings. The van der Waals surface area contributed by atoms with Gasteiger partial charge in [0.15, 0.2) is 5.96 Å². The Labute approximate surface area is 230 Å². The predicted molar refractivity (Wildman–Crippen MR) is 145 cm³/mol. The molecule has 0 aliphatic rings. The lowest BCUT2D eigenvalue weighted by molar-refractivity contribution is -0.139. The number of carboxylic acids is 5. The van der Waals surface area contributed by atoms with E-state index in [9.17, 15) is 24.0 Å². The average molecular weight is 579 g/mol. The highest BCUT2D eigenvalue weighted by Crippen LogP contribution is 2.01. The van der Waals surface area contributed by atoms with E-state index in [4.69, 9.17) is 53.9 Å². The molecule has 18 nitrogen and oxygen atoms in total. The molecule has 0 heterocycles. The lowest BCUT2D eigenvalue weighted by atomic mass is 10.1. The first-order valence-electron chi connectivity index (χ1n) is 11.3. The molecule has 0 radical (unpaired) electrons. The number of nitrogens with two attached hydrogens (primary N) is 6. The number of carbonyl (C=O) groups is 5. The zero-order valence-electron chi connectivity index (χ0n) is 22.1. The second-order valence-corrected chi connectivity index (χ2v) is 7.38. The molecule has 0 saturated heterocycles. The summed E-state index contributed by atoms with van der Waals surface area (Å²) in [5.74, 6) is -4.97. The first-order chi connectivity index (χ1) is 18.4. The van der Waals surface area contributed by atoms with Gasteiger partial charge in [0.1, 0.15) is 18.1 Å². The second-order valence-electron chi connectivity index (χ2n) is 7.38. The third-order valence-corrected chi connectivity index (χ3v) is 3.68. The minimum absolute atomic E-state index is 0.112. The van der Waals surface area contributed by atoms with Crippen molar-refractivity contribution >= 4 is 35.8 Å². The summed E-state index contributed by atoms with van der Waals surface area (Å²) in [5, 5.41) is 49.3. The fourth-order valence-electron chi connectivity index (χ4n) is 1.62. The van der Waals surface area contributed by atoms with E-state index in [-0.39, 0.29) is 19.0 Å². The summed E-state index contributed by atoms with van der Waals surface area (Å²) in [6.07, 6.45) is 1.36. The predicted octanol–water partition coefficient (Wildman–Crippen LogP) is -3.22. The molecular formula is C22H42N8O10. The molecule has 0 amide bonds. The largest absolute Gasteiger partial charge is 0.480 e. The van der Waals surface area contributed by atoms with E-state index < -0.39 is 48.0 Å². The summed E-state index contributed by atoms with van der Waals surface area (Å²) in [5.41, 5.74) is 30.5. The van der Waals surface area contributed by atoms with Crippen LogP contribution in [0.2, 0.25) is 0 Å². The van der Waals surface area contributed by atoms with E-state index in [1.54, 1.807) is 0 Å². The van der Waals surface area contributed by atoms with Gasteiger partial charge in [-0.2, -0.15) is 0 Å². The van der Waals surface area contributed by atoms with Crippen molar-refractivity contribution in [3.63, 3.8) is 0 Å². The number of nitrogens with one attached hydrogen (secondary N) is 2. The number of carboxylic acid groups (broad SMARTS) is 5. The lowest BCUT2D eigenvalue weighted by Gasteiger charge is -2.06. The molecule has 1 aromatic carbocycles. The molecule has 19 N–H and O–H groups in total. The molecule has 0 bridgehead atoms. The third-order valence-electron chi connectivity index (χ3n) is 3.68. The zero-order valence-corrected chi connectivity index (χ0v) is 22.1. The summed E-state index contributed by atoms with van der Waals surface area (Å²) in [6.45, 7) is 1.35. The average Bonchev–Trinajstić information content (AvgIpc) is 2.88. The molecule has 0 aliphatic heterocycles. The van der Waals surface area contributed by atoms with Gasteiger partial charge < -0.3 is 65.3 Å². The van der Waals surface area contributed by atoms with Crippen LogP contribution in [0.1, 0.15) is 25.3 Å². The molecule has 0 unspecified atom stereocenters. The molecule has 3 atom stereocenters. The number of aliphatic carboxylic acids is 5. The normalized spacial score (nSPS) is 11.2. The first kappa shape index (κ1) is 42.7. The molecule has 0 spiro atoms. The molecular weight excluding hydrogens is 536 g/mol. The number of guanidine groups is 1. The maximum Gasteiger partial charge on any atom is 0.320 e. The van der Waals surface area contributed by atoms with Crippen LogP contribution < -0.4 is 39.7 Å². The monoisotopic (exact) mass is 578 g/mol. The van der Waals surface area contributed by atoms with Gasteiger partial charge in [-0.3, -0.25) is 29.4 Å². The Kier molecular flexibility index (Phi) is 29.5. The maximum absolute atomic E-state index is 10.4. The Balaban J connectivity index is -0.000000215. The van der Waals surface area contributed by atoms with E-state index in [2.05, 4.69) is 16.8 Å². The lowest BCUT2D eigenvalue weighted by Crippen LogP contribution is -2.34. The molecule has 18 heteroatoms. The Bertz CT molecular complexity index is 858. The van der Waals surface area contributed by atoms with Crippen molar-refractivity contribution in [1.29, 1.82) is 5.41 Å². The van der Waals surface area contributed by atoms with E-state index >= 15 is 0 Å². The van der Waals surface area contributed by atoms with E-state index in [0.29, 0.717) is 25.8 Å². The van der Waals surface area contributed by atoms with Crippen LogP contribution in [0.25, 0.3) is 0 Å². The Morgan fingerprint density at radius 1 is 0.800 bits per heavy atom. The van der Waals surface area contributed by atoms with Crippen LogP contribution in [0, 0.1) is 5.41 Å².